The van der Waals surface area contributed by atoms with Crippen molar-refractivity contribution in [3.8, 4) is 5.75 Å². The quantitative estimate of drug-likeness (QED) is 0.563. The smallest absolute Gasteiger partial charge is 0.255 e. The van der Waals surface area contributed by atoms with Crippen LogP contribution in [-0.2, 0) is 0 Å². The summed E-state index contributed by atoms with van der Waals surface area (Å²) in [6.45, 7) is 1.65. The van der Waals surface area contributed by atoms with Crippen molar-refractivity contribution >= 4 is 0 Å². The highest BCUT2D eigenvalue weighted by Gasteiger charge is 2.21. The topological polar surface area (TPSA) is 22.1 Å². The minimum atomic E-state index is -1.71. The molecule has 0 aromatic carbocycles. The van der Waals surface area contributed by atoms with E-state index in [1.807, 2.05) is 0 Å². The van der Waals surface area contributed by atoms with Crippen molar-refractivity contribution in [3.05, 3.63) is 23.5 Å². The van der Waals surface area contributed by atoms with Crippen LogP contribution in [0.15, 0.2) is 0 Å². The Kier molecular flexibility index (Phi) is 3.27. The lowest BCUT2D eigenvalue weighted by Crippen LogP contribution is -2.06. The number of halogens is 4. The van der Waals surface area contributed by atoms with Gasteiger partial charge in [-0.3, -0.25) is 0 Å². The van der Waals surface area contributed by atoms with Crippen molar-refractivity contribution in [2.75, 3.05) is 6.61 Å². The molecule has 78 valence electrons. The molecule has 0 bridgehead atoms. The van der Waals surface area contributed by atoms with E-state index in [9.17, 15) is 17.6 Å². The second-order valence-electron chi connectivity index (χ2n) is 2.50. The van der Waals surface area contributed by atoms with Crippen LogP contribution in [0.2, 0.25) is 0 Å². The van der Waals surface area contributed by atoms with Gasteiger partial charge in [0.15, 0.2) is 5.75 Å². The zero-order valence-corrected chi connectivity index (χ0v) is 7.28. The van der Waals surface area contributed by atoms with E-state index in [1.165, 1.54) is 0 Å². The predicted molar refractivity (Wildman–Crippen MR) is 39.9 cm³/mol. The van der Waals surface area contributed by atoms with Crippen molar-refractivity contribution in [2.24, 2.45) is 0 Å². The Balaban J connectivity index is 3.11. The van der Waals surface area contributed by atoms with Gasteiger partial charge in [-0.1, -0.05) is 6.92 Å². The van der Waals surface area contributed by atoms with E-state index in [2.05, 4.69) is 9.72 Å². The lowest BCUT2D eigenvalue weighted by molar-refractivity contribution is 0.264. The monoisotopic (exact) mass is 209 g/mol. The first-order valence-corrected chi connectivity index (χ1v) is 3.90. The van der Waals surface area contributed by atoms with Gasteiger partial charge in [-0.15, -0.1) is 0 Å². The normalized spacial score (nSPS) is 10.4. The van der Waals surface area contributed by atoms with Crippen LogP contribution >= 0.6 is 0 Å². The van der Waals surface area contributed by atoms with Crippen LogP contribution in [0.5, 0.6) is 5.75 Å². The molecule has 2 nitrogen and oxygen atoms in total. The molecule has 0 unspecified atom stereocenters. The van der Waals surface area contributed by atoms with Crippen LogP contribution in [0.1, 0.15) is 13.3 Å². The molecule has 0 saturated heterocycles. The second kappa shape index (κ2) is 4.26. The van der Waals surface area contributed by atoms with Gasteiger partial charge < -0.3 is 4.74 Å². The van der Waals surface area contributed by atoms with Gasteiger partial charge in [0.25, 0.3) is 11.9 Å². The zero-order valence-electron chi connectivity index (χ0n) is 7.28. The Hall–Kier alpha value is -1.33. The average Bonchev–Trinajstić information content (AvgIpc) is 2.15. The number of aromatic nitrogens is 1. The highest BCUT2D eigenvalue weighted by atomic mass is 19.2. The Morgan fingerprint density at radius 1 is 1.07 bits per heavy atom. The molecular formula is C8H7F4NO. The minimum Gasteiger partial charge on any atom is -0.487 e. The third kappa shape index (κ3) is 1.94. The summed E-state index contributed by atoms with van der Waals surface area (Å²) in [5.41, 5.74) is 0. The molecule has 0 aliphatic carbocycles. The fourth-order valence-corrected chi connectivity index (χ4v) is 0.799. The Morgan fingerprint density at radius 2 is 1.57 bits per heavy atom. The molecule has 1 rings (SSSR count). The number of hydrogen-bond donors (Lipinski definition) is 0. The summed E-state index contributed by atoms with van der Waals surface area (Å²) < 4.78 is 55.1. The molecule has 0 aliphatic heterocycles. The third-order valence-electron chi connectivity index (χ3n) is 1.41. The fourth-order valence-electron chi connectivity index (χ4n) is 0.799. The first kappa shape index (κ1) is 10.7. The minimum absolute atomic E-state index is 0.0310. The molecule has 0 aliphatic rings. The molecular weight excluding hydrogens is 202 g/mol. The SMILES string of the molecule is CCCOc1c(F)c(F)nc(F)c1F. The third-order valence-corrected chi connectivity index (χ3v) is 1.41. The van der Waals surface area contributed by atoms with Gasteiger partial charge >= 0.3 is 0 Å². The van der Waals surface area contributed by atoms with Gasteiger partial charge in [0.05, 0.1) is 6.61 Å². The molecule has 0 N–H and O–H groups in total. The summed E-state index contributed by atoms with van der Waals surface area (Å²) in [6.07, 6.45) is 0.463. The van der Waals surface area contributed by atoms with Gasteiger partial charge in [-0.05, 0) is 6.42 Å². The summed E-state index contributed by atoms with van der Waals surface area (Å²) in [7, 11) is 0. The van der Waals surface area contributed by atoms with E-state index in [0.29, 0.717) is 6.42 Å². The molecule has 1 aromatic rings. The Bertz CT molecular complexity index is 316. The Morgan fingerprint density at radius 3 is 2.00 bits per heavy atom. The summed E-state index contributed by atoms with van der Waals surface area (Å²) >= 11 is 0. The largest absolute Gasteiger partial charge is 0.487 e. The highest BCUT2D eigenvalue weighted by Crippen LogP contribution is 2.24. The molecule has 14 heavy (non-hydrogen) atoms. The molecule has 0 fully saturated rings. The number of hydrogen-bond acceptors (Lipinski definition) is 2. The lowest BCUT2D eigenvalue weighted by Gasteiger charge is -2.06. The Labute approximate surface area is 77.5 Å². The van der Waals surface area contributed by atoms with Gasteiger partial charge in [-0.25, -0.2) is 0 Å². The summed E-state index contributed by atoms with van der Waals surface area (Å²) in [5.74, 6) is -7.71. The van der Waals surface area contributed by atoms with Gasteiger partial charge in [0.1, 0.15) is 0 Å². The summed E-state index contributed by atoms with van der Waals surface area (Å²) in [5, 5.41) is 0. The van der Waals surface area contributed by atoms with Gasteiger partial charge in [0.2, 0.25) is 11.6 Å². The van der Waals surface area contributed by atoms with Crippen molar-refractivity contribution in [2.45, 2.75) is 13.3 Å². The van der Waals surface area contributed by atoms with Crippen LogP contribution in [-0.4, -0.2) is 11.6 Å². The number of rotatable bonds is 3. The molecule has 0 spiro atoms. The highest BCUT2D eigenvalue weighted by molar-refractivity contribution is 5.24. The maximum atomic E-state index is 12.8. The van der Waals surface area contributed by atoms with Gasteiger partial charge in [0, 0.05) is 0 Å². The number of pyridine rings is 1. The van der Waals surface area contributed by atoms with Gasteiger partial charge in [-0.2, -0.15) is 22.5 Å². The van der Waals surface area contributed by atoms with Crippen molar-refractivity contribution in [3.63, 3.8) is 0 Å². The van der Waals surface area contributed by atoms with Crippen LogP contribution in [0.4, 0.5) is 17.6 Å². The first-order chi connectivity index (χ1) is 6.57. The molecule has 0 atom stereocenters. The van der Waals surface area contributed by atoms with Crippen LogP contribution in [0, 0.1) is 23.5 Å². The molecule has 0 radical (unpaired) electrons. The van der Waals surface area contributed by atoms with Crippen LogP contribution < -0.4 is 4.74 Å². The van der Waals surface area contributed by atoms with E-state index < -0.39 is 29.3 Å². The average molecular weight is 209 g/mol. The van der Waals surface area contributed by atoms with Crippen molar-refractivity contribution < 1.29 is 22.3 Å². The van der Waals surface area contributed by atoms with Crippen molar-refractivity contribution in [1.82, 2.24) is 4.98 Å². The molecule has 1 heterocycles. The second-order valence-corrected chi connectivity index (χ2v) is 2.50. The van der Waals surface area contributed by atoms with E-state index in [4.69, 9.17) is 0 Å². The maximum Gasteiger partial charge on any atom is 0.255 e. The summed E-state index contributed by atoms with van der Waals surface area (Å²) in [4.78, 5) is 2.38. The first-order valence-electron chi connectivity index (χ1n) is 3.90. The van der Waals surface area contributed by atoms with Crippen LogP contribution in [0.25, 0.3) is 0 Å². The van der Waals surface area contributed by atoms with E-state index >= 15 is 0 Å². The summed E-state index contributed by atoms with van der Waals surface area (Å²) in [6, 6.07) is 0. The zero-order chi connectivity index (χ0) is 10.7. The number of ether oxygens (including phenoxy) is 1. The maximum absolute atomic E-state index is 12.8. The molecule has 1 aromatic heterocycles. The molecule has 6 heteroatoms. The fraction of sp³-hybridized carbons (Fsp3) is 0.375. The lowest BCUT2D eigenvalue weighted by atomic mass is 10.4. The standard InChI is InChI=1S/C8H7F4NO/c1-2-3-14-6-4(9)7(11)13-8(12)5(6)10/h2-3H2,1H3. The van der Waals surface area contributed by atoms with E-state index in [1.54, 1.807) is 6.92 Å². The number of nitrogens with zero attached hydrogens (tertiary/aromatic N) is 1. The predicted octanol–water partition coefficient (Wildman–Crippen LogP) is 2.43. The van der Waals surface area contributed by atoms with E-state index in [-0.39, 0.29) is 6.61 Å². The van der Waals surface area contributed by atoms with Crippen molar-refractivity contribution in [1.29, 1.82) is 0 Å². The van der Waals surface area contributed by atoms with E-state index in [0.717, 1.165) is 0 Å². The molecule has 0 saturated carbocycles. The molecule has 0 amide bonds. The van der Waals surface area contributed by atoms with Crippen LogP contribution in [0.3, 0.4) is 0 Å².